The summed E-state index contributed by atoms with van der Waals surface area (Å²) in [6.07, 6.45) is 0. The predicted octanol–water partition coefficient (Wildman–Crippen LogP) is 0.493. The Bertz CT molecular complexity index is 500. The Morgan fingerprint density at radius 3 is 1.38 bits per heavy atom. The Labute approximate surface area is 132 Å². The summed E-state index contributed by atoms with van der Waals surface area (Å²) >= 11 is 0.450. The van der Waals surface area contributed by atoms with Gasteiger partial charge in [0.1, 0.15) is 0 Å². The summed E-state index contributed by atoms with van der Waals surface area (Å²) in [6, 6.07) is 16.4. The molecule has 0 atom stereocenters. The van der Waals surface area contributed by atoms with Crippen LogP contribution in [0.25, 0.3) is 0 Å². The number of aliphatic carboxylic acids is 1. The van der Waals surface area contributed by atoms with Crippen LogP contribution in [0.1, 0.15) is 6.92 Å². The Kier molecular flexibility index (Phi) is 7.52. The van der Waals surface area contributed by atoms with Gasteiger partial charge in [-0.25, -0.2) is 0 Å². The van der Waals surface area contributed by atoms with Gasteiger partial charge in [-0.05, 0) is 6.92 Å². The van der Waals surface area contributed by atoms with E-state index in [1.807, 2.05) is 24.3 Å². The maximum atomic E-state index is 8.89. The van der Waals surface area contributed by atoms with Gasteiger partial charge in [0.15, 0.2) is 0 Å². The third-order valence-corrected chi connectivity index (χ3v) is 4.17. The molecule has 0 amide bonds. The molecule has 0 aromatic heterocycles. The molecule has 0 N–H and O–H groups in total. The van der Waals surface area contributed by atoms with Gasteiger partial charge in [-0.2, -0.15) is 0 Å². The minimum atomic E-state index is -1.08. The van der Waals surface area contributed by atoms with Gasteiger partial charge in [0.2, 0.25) is 0 Å². The van der Waals surface area contributed by atoms with Crippen LogP contribution in [0, 0.1) is 0 Å². The second kappa shape index (κ2) is 9.17. The van der Waals surface area contributed by atoms with Crippen molar-refractivity contribution in [2.45, 2.75) is 6.92 Å². The molecular weight excluding hydrogens is 363 g/mol. The van der Waals surface area contributed by atoms with Gasteiger partial charge in [0, 0.05) is 5.97 Å². The number of ether oxygens (including phenoxy) is 2. The standard InChI is InChI=1S/2C7H7O.C2H4O2.Pd/c2*1-8-7-5-3-2-4-6-7;1-2(3)4;/h2*3-6H,1H3;1H3,(H,3,4);/q;;;+1/p-1. The zero-order valence-electron chi connectivity index (χ0n) is 12.1. The average Bonchev–Trinajstić information content (AvgIpc) is 2.48. The molecule has 0 unspecified atom stereocenters. The van der Waals surface area contributed by atoms with Crippen molar-refractivity contribution in [1.82, 2.24) is 0 Å². The third-order valence-electron chi connectivity index (χ3n) is 2.24. The van der Waals surface area contributed by atoms with Crippen LogP contribution in [0.5, 0.6) is 11.5 Å². The molecule has 0 aliphatic heterocycles. The maximum absolute atomic E-state index is 8.89. The zero-order chi connectivity index (χ0) is 15.7. The molecule has 5 heteroatoms. The molecule has 0 aliphatic carbocycles. The molecule has 0 spiro atoms. The number of methoxy groups -OCH3 is 2. The minimum absolute atomic E-state index is 0.450. The third kappa shape index (κ3) is 6.94. The van der Waals surface area contributed by atoms with Gasteiger partial charge >= 0.3 is 110 Å². The van der Waals surface area contributed by atoms with Crippen molar-refractivity contribution < 1.29 is 37.4 Å². The first kappa shape index (κ1) is 17.2. The van der Waals surface area contributed by atoms with Crippen LogP contribution in [-0.2, 0) is 22.8 Å². The topological polar surface area (TPSA) is 58.6 Å². The summed E-state index contributed by atoms with van der Waals surface area (Å²) in [4.78, 5) is 8.89. The van der Waals surface area contributed by atoms with Crippen LogP contribution in [0.3, 0.4) is 0 Å². The van der Waals surface area contributed by atoms with Crippen molar-refractivity contribution in [2.75, 3.05) is 14.2 Å². The molecular formula is C16H17O4Pd. The second-order valence-electron chi connectivity index (χ2n) is 3.82. The number of hydrogen-bond donors (Lipinski definition) is 0. The number of carboxylic acids is 1. The molecule has 0 radical (unpaired) electrons. The van der Waals surface area contributed by atoms with Crippen LogP contribution >= 0.6 is 0 Å². The van der Waals surface area contributed by atoms with Crippen LogP contribution in [0.2, 0.25) is 0 Å². The van der Waals surface area contributed by atoms with Gasteiger partial charge in [0.25, 0.3) is 0 Å². The fourth-order valence-electron chi connectivity index (χ4n) is 1.33. The van der Waals surface area contributed by atoms with E-state index in [9.17, 15) is 0 Å². The molecule has 21 heavy (non-hydrogen) atoms. The van der Waals surface area contributed by atoms with Gasteiger partial charge in [-0.15, -0.1) is 0 Å². The molecule has 0 saturated carbocycles. The number of carboxylic acid groups (broad SMARTS) is 1. The van der Waals surface area contributed by atoms with E-state index in [1.54, 1.807) is 14.2 Å². The van der Waals surface area contributed by atoms with E-state index in [4.69, 9.17) is 19.4 Å². The monoisotopic (exact) mass is 379 g/mol. The van der Waals surface area contributed by atoms with Crippen molar-refractivity contribution in [3.8, 4) is 11.5 Å². The number of benzene rings is 2. The van der Waals surface area contributed by atoms with E-state index < -0.39 is 5.97 Å². The molecule has 4 nitrogen and oxygen atoms in total. The van der Waals surface area contributed by atoms with E-state index >= 15 is 0 Å². The quantitative estimate of drug-likeness (QED) is 0.726. The zero-order valence-corrected chi connectivity index (χ0v) is 13.6. The van der Waals surface area contributed by atoms with Gasteiger partial charge in [-0.3, -0.25) is 0 Å². The van der Waals surface area contributed by atoms with Crippen molar-refractivity contribution in [2.24, 2.45) is 0 Å². The molecule has 115 valence electrons. The predicted molar refractivity (Wildman–Crippen MR) is 75.9 cm³/mol. The SMILES string of the molecule is CC(=O)[O-].COc1cc[c]([Pd+][c]2ccc(OC)cc2)cc1. The Morgan fingerprint density at radius 2 is 1.14 bits per heavy atom. The Morgan fingerprint density at radius 1 is 0.857 bits per heavy atom. The molecule has 2 aromatic carbocycles. The molecule has 0 bridgehead atoms. The molecule has 0 fully saturated rings. The molecule has 0 saturated heterocycles. The fourth-order valence-corrected chi connectivity index (χ4v) is 2.89. The van der Waals surface area contributed by atoms with E-state index in [1.165, 1.54) is 8.07 Å². The van der Waals surface area contributed by atoms with E-state index in [0.29, 0.717) is 18.0 Å². The summed E-state index contributed by atoms with van der Waals surface area (Å²) in [6.45, 7) is 0.972. The normalized spacial score (nSPS) is 9.48. The number of hydrogen-bond acceptors (Lipinski definition) is 4. The average molecular weight is 380 g/mol. The van der Waals surface area contributed by atoms with E-state index in [2.05, 4.69) is 24.3 Å². The van der Waals surface area contributed by atoms with Crippen molar-refractivity contribution in [3.05, 3.63) is 48.5 Å². The van der Waals surface area contributed by atoms with Crippen molar-refractivity contribution in [3.63, 3.8) is 0 Å². The van der Waals surface area contributed by atoms with Gasteiger partial charge in [0.05, 0.1) is 0 Å². The number of carbonyl (C=O) groups excluding carboxylic acids is 1. The van der Waals surface area contributed by atoms with E-state index in [0.717, 1.165) is 18.4 Å². The van der Waals surface area contributed by atoms with Crippen molar-refractivity contribution in [1.29, 1.82) is 0 Å². The van der Waals surface area contributed by atoms with Gasteiger partial charge < -0.3 is 9.90 Å². The Balaban J connectivity index is 0.000000491. The van der Waals surface area contributed by atoms with Crippen LogP contribution in [0.15, 0.2) is 48.5 Å². The first-order chi connectivity index (χ1) is 10.0. The van der Waals surface area contributed by atoms with E-state index in [-0.39, 0.29) is 0 Å². The second-order valence-corrected chi connectivity index (χ2v) is 6.00. The first-order valence-electron chi connectivity index (χ1n) is 6.09. The summed E-state index contributed by atoms with van der Waals surface area (Å²) in [7, 11) is 3.37. The summed E-state index contributed by atoms with van der Waals surface area (Å²) in [5.41, 5.74) is 0. The summed E-state index contributed by atoms with van der Waals surface area (Å²) in [5.74, 6) is 0.717. The number of carbonyl (C=O) groups is 1. The Hall–Kier alpha value is -1.83. The molecule has 2 rings (SSSR count). The molecule has 2 aromatic rings. The van der Waals surface area contributed by atoms with Crippen molar-refractivity contribution >= 4 is 14.0 Å². The first-order valence-corrected chi connectivity index (χ1v) is 7.65. The summed E-state index contributed by atoms with van der Waals surface area (Å²) < 4.78 is 12.9. The van der Waals surface area contributed by atoms with Crippen LogP contribution < -0.4 is 22.7 Å². The van der Waals surface area contributed by atoms with Crippen LogP contribution in [-0.4, -0.2) is 20.2 Å². The van der Waals surface area contributed by atoms with Gasteiger partial charge in [-0.1, -0.05) is 0 Å². The summed E-state index contributed by atoms with van der Waals surface area (Å²) in [5, 5.41) is 8.89. The molecule has 0 heterocycles. The molecule has 0 aliphatic rings. The number of rotatable bonds is 4. The fraction of sp³-hybridized carbons (Fsp3) is 0.188. The van der Waals surface area contributed by atoms with Crippen LogP contribution in [0.4, 0.5) is 0 Å².